The van der Waals surface area contributed by atoms with Gasteiger partial charge < -0.3 is 0 Å². The average molecular weight is 287 g/mol. The summed E-state index contributed by atoms with van der Waals surface area (Å²) in [5.74, 6) is 1.66. The number of nitrogens with zero attached hydrogens (tertiary/aromatic N) is 2. The van der Waals surface area contributed by atoms with Gasteiger partial charge in [-0.15, -0.1) is 0 Å². The second-order valence-corrected chi connectivity index (χ2v) is 6.63. The highest BCUT2D eigenvalue weighted by molar-refractivity contribution is 9.10. The standard InChI is InChI=1S/C10H11BrN2OS/c11-8-1-2-9(12-5-8)13-6-10(3-4-10)7-15(13)14/h1-2,5H,3-4,6-7H2. The fraction of sp³-hybridized carbons (Fsp3) is 0.500. The molecule has 2 aliphatic rings. The van der Waals surface area contributed by atoms with E-state index in [-0.39, 0.29) is 0 Å². The van der Waals surface area contributed by atoms with Gasteiger partial charge in [-0.3, -0.25) is 4.31 Å². The second kappa shape index (κ2) is 3.28. The zero-order valence-electron chi connectivity index (χ0n) is 8.15. The van der Waals surface area contributed by atoms with Gasteiger partial charge in [0, 0.05) is 22.6 Å². The topological polar surface area (TPSA) is 33.2 Å². The molecule has 1 saturated heterocycles. The van der Waals surface area contributed by atoms with Gasteiger partial charge >= 0.3 is 0 Å². The van der Waals surface area contributed by atoms with Crippen molar-refractivity contribution in [3.63, 3.8) is 0 Å². The molecule has 3 nitrogen and oxygen atoms in total. The number of hydrogen-bond donors (Lipinski definition) is 0. The molecule has 1 spiro atoms. The Balaban J connectivity index is 1.88. The van der Waals surface area contributed by atoms with Crippen molar-refractivity contribution in [1.82, 2.24) is 4.98 Å². The maximum absolute atomic E-state index is 11.9. The van der Waals surface area contributed by atoms with E-state index >= 15 is 0 Å². The monoisotopic (exact) mass is 286 g/mol. The zero-order valence-corrected chi connectivity index (χ0v) is 10.6. The smallest absolute Gasteiger partial charge is 0.140 e. The van der Waals surface area contributed by atoms with Crippen molar-refractivity contribution < 1.29 is 4.21 Å². The largest absolute Gasteiger partial charge is 0.275 e. The van der Waals surface area contributed by atoms with Crippen molar-refractivity contribution in [2.45, 2.75) is 12.8 Å². The van der Waals surface area contributed by atoms with Crippen molar-refractivity contribution in [1.29, 1.82) is 0 Å². The molecule has 1 saturated carbocycles. The fourth-order valence-electron chi connectivity index (χ4n) is 1.94. The van der Waals surface area contributed by atoms with E-state index in [4.69, 9.17) is 0 Å². The van der Waals surface area contributed by atoms with Gasteiger partial charge in [0.15, 0.2) is 0 Å². The van der Waals surface area contributed by atoms with Crippen LogP contribution in [0.25, 0.3) is 0 Å². The van der Waals surface area contributed by atoms with Crippen LogP contribution in [0.15, 0.2) is 22.8 Å². The fourth-order valence-corrected chi connectivity index (χ4v) is 3.97. The van der Waals surface area contributed by atoms with Crippen molar-refractivity contribution in [3.8, 4) is 0 Å². The maximum atomic E-state index is 11.9. The third kappa shape index (κ3) is 1.72. The highest BCUT2D eigenvalue weighted by Crippen LogP contribution is 2.51. The Bertz CT molecular complexity index is 416. The Morgan fingerprint density at radius 2 is 2.27 bits per heavy atom. The number of hydrogen-bond acceptors (Lipinski definition) is 2. The summed E-state index contributed by atoms with van der Waals surface area (Å²) < 4.78 is 14.8. The lowest BCUT2D eigenvalue weighted by Crippen LogP contribution is -2.21. The van der Waals surface area contributed by atoms with Crippen LogP contribution in [0.3, 0.4) is 0 Å². The van der Waals surface area contributed by atoms with Crippen LogP contribution in [-0.4, -0.2) is 21.5 Å². The zero-order chi connectivity index (χ0) is 10.5. The lowest BCUT2D eigenvalue weighted by atomic mass is 10.1. The van der Waals surface area contributed by atoms with Gasteiger partial charge in [-0.1, -0.05) is 0 Å². The summed E-state index contributed by atoms with van der Waals surface area (Å²) in [6.07, 6.45) is 4.21. The van der Waals surface area contributed by atoms with Crippen LogP contribution in [-0.2, 0) is 11.0 Å². The van der Waals surface area contributed by atoms with E-state index in [1.807, 2.05) is 16.4 Å². The summed E-state index contributed by atoms with van der Waals surface area (Å²) in [5, 5.41) is 0. The van der Waals surface area contributed by atoms with Crippen molar-refractivity contribution in [2.75, 3.05) is 16.6 Å². The first-order chi connectivity index (χ1) is 7.19. The number of anilines is 1. The molecule has 1 unspecified atom stereocenters. The summed E-state index contributed by atoms with van der Waals surface area (Å²) in [6.45, 7) is 0.911. The molecule has 2 heterocycles. The first-order valence-electron chi connectivity index (χ1n) is 4.96. The van der Waals surface area contributed by atoms with Gasteiger partial charge in [-0.25, -0.2) is 9.19 Å². The molecule has 5 heteroatoms. The van der Waals surface area contributed by atoms with E-state index < -0.39 is 11.0 Å². The van der Waals surface area contributed by atoms with Crippen LogP contribution in [0.4, 0.5) is 5.82 Å². The highest BCUT2D eigenvalue weighted by atomic mass is 79.9. The lowest BCUT2D eigenvalue weighted by molar-refractivity contribution is 0.627. The summed E-state index contributed by atoms with van der Waals surface area (Å²) in [5.41, 5.74) is 0.361. The van der Waals surface area contributed by atoms with E-state index in [0.717, 1.165) is 22.6 Å². The van der Waals surface area contributed by atoms with Crippen LogP contribution in [0.1, 0.15) is 12.8 Å². The Hall–Kier alpha value is -0.420. The van der Waals surface area contributed by atoms with Gasteiger partial charge in [0.2, 0.25) is 0 Å². The molecule has 0 N–H and O–H groups in total. The quantitative estimate of drug-likeness (QED) is 0.792. The van der Waals surface area contributed by atoms with Gasteiger partial charge in [0.25, 0.3) is 0 Å². The predicted molar refractivity (Wildman–Crippen MR) is 64.0 cm³/mol. The molecule has 1 aromatic heterocycles. The minimum absolute atomic E-state index is 0.361. The third-order valence-corrected chi connectivity index (χ3v) is 5.22. The van der Waals surface area contributed by atoms with Crippen LogP contribution in [0.2, 0.25) is 0 Å². The van der Waals surface area contributed by atoms with Crippen molar-refractivity contribution in [2.24, 2.45) is 5.41 Å². The molecule has 1 aliphatic carbocycles. The van der Waals surface area contributed by atoms with E-state index in [2.05, 4.69) is 20.9 Å². The van der Waals surface area contributed by atoms with Crippen LogP contribution in [0, 0.1) is 5.41 Å². The Labute approximate surface area is 99.6 Å². The van der Waals surface area contributed by atoms with Crippen molar-refractivity contribution >= 4 is 32.7 Å². The first-order valence-corrected chi connectivity index (χ1v) is 7.03. The molecular weight excluding hydrogens is 276 g/mol. The number of pyridine rings is 1. The Kier molecular flexibility index (Phi) is 2.14. The number of rotatable bonds is 1. The van der Waals surface area contributed by atoms with Gasteiger partial charge in [-0.05, 0) is 40.9 Å². The minimum Gasteiger partial charge on any atom is -0.275 e. The average Bonchev–Trinajstić information content (AvgIpc) is 2.87. The Morgan fingerprint density at radius 1 is 1.47 bits per heavy atom. The van der Waals surface area contributed by atoms with Gasteiger partial charge in [0.05, 0.1) is 5.75 Å². The van der Waals surface area contributed by atoms with Crippen molar-refractivity contribution in [3.05, 3.63) is 22.8 Å². The lowest BCUT2D eigenvalue weighted by Gasteiger charge is -2.14. The van der Waals surface area contributed by atoms with E-state index in [1.54, 1.807) is 6.20 Å². The third-order valence-electron chi connectivity index (χ3n) is 3.08. The van der Waals surface area contributed by atoms with E-state index in [0.29, 0.717) is 5.41 Å². The molecule has 0 radical (unpaired) electrons. The molecule has 80 valence electrons. The molecule has 1 aliphatic heterocycles. The van der Waals surface area contributed by atoms with E-state index in [9.17, 15) is 4.21 Å². The second-order valence-electron chi connectivity index (χ2n) is 4.34. The van der Waals surface area contributed by atoms with Crippen LogP contribution >= 0.6 is 15.9 Å². The molecule has 1 atom stereocenters. The Morgan fingerprint density at radius 3 is 2.80 bits per heavy atom. The van der Waals surface area contributed by atoms with Crippen LogP contribution < -0.4 is 4.31 Å². The normalized spacial score (nSPS) is 27.3. The summed E-state index contributed by atoms with van der Waals surface area (Å²) in [4.78, 5) is 4.29. The molecule has 15 heavy (non-hydrogen) atoms. The number of aromatic nitrogens is 1. The molecule has 1 aromatic rings. The molecule has 0 amide bonds. The minimum atomic E-state index is -0.870. The van der Waals surface area contributed by atoms with Gasteiger partial charge in [-0.2, -0.15) is 0 Å². The molecule has 0 aromatic carbocycles. The van der Waals surface area contributed by atoms with E-state index in [1.165, 1.54) is 12.8 Å². The summed E-state index contributed by atoms with van der Waals surface area (Å²) in [6, 6.07) is 3.86. The number of halogens is 1. The first kappa shape index (κ1) is 9.78. The predicted octanol–water partition coefficient (Wildman–Crippen LogP) is 2.11. The molecule has 0 bridgehead atoms. The molecule has 3 rings (SSSR count). The summed E-state index contributed by atoms with van der Waals surface area (Å²) in [7, 11) is -0.870. The SMILES string of the molecule is O=S1CC2(CC2)CN1c1ccc(Br)cn1. The van der Waals surface area contributed by atoms with Gasteiger partial charge in [0.1, 0.15) is 16.8 Å². The highest BCUT2D eigenvalue weighted by Gasteiger charge is 2.51. The van der Waals surface area contributed by atoms with Crippen LogP contribution in [0.5, 0.6) is 0 Å². The maximum Gasteiger partial charge on any atom is 0.140 e. The molecule has 2 fully saturated rings. The molecular formula is C10H11BrN2OS. The summed E-state index contributed by atoms with van der Waals surface area (Å²) >= 11 is 3.35.